The molecule has 7 heteroatoms. The van der Waals surface area contributed by atoms with Gasteiger partial charge in [-0.15, -0.1) is 0 Å². The summed E-state index contributed by atoms with van der Waals surface area (Å²) in [5.74, 6) is -0.899. The normalized spacial score (nSPS) is 10.2. The van der Waals surface area contributed by atoms with Crippen LogP contribution in [0.1, 0.15) is 10.4 Å². The minimum Gasteiger partial charge on any atom is -0.304 e. The van der Waals surface area contributed by atoms with Crippen LogP contribution in [-0.4, -0.2) is 15.9 Å². The van der Waals surface area contributed by atoms with Gasteiger partial charge in [0.1, 0.15) is 5.82 Å². The number of hydrogen-bond acceptors (Lipinski definition) is 3. The summed E-state index contributed by atoms with van der Waals surface area (Å²) in [5, 5.41) is 2.52. The molecule has 0 bridgehead atoms. The molecular formula is C11H6BrClFN3O. The van der Waals surface area contributed by atoms with Gasteiger partial charge in [0.2, 0.25) is 0 Å². The minimum atomic E-state index is -0.520. The van der Waals surface area contributed by atoms with E-state index in [-0.39, 0.29) is 21.0 Å². The number of nitrogens with zero attached hydrogens (tertiary/aromatic N) is 2. The lowest BCUT2D eigenvalue weighted by Gasteiger charge is -2.05. The first-order valence-corrected chi connectivity index (χ1v) is 5.98. The van der Waals surface area contributed by atoms with Gasteiger partial charge in [-0.2, -0.15) is 0 Å². The van der Waals surface area contributed by atoms with Gasteiger partial charge in [0.25, 0.3) is 5.91 Å². The topological polar surface area (TPSA) is 54.9 Å². The van der Waals surface area contributed by atoms with Gasteiger partial charge in [-0.3, -0.25) is 4.79 Å². The Hall–Kier alpha value is -1.53. The quantitative estimate of drug-likeness (QED) is 0.919. The van der Waals surface area contributed by atoms with E-state index < -0.39 is 11.7 Å². The number of nitrogens with one attached hydrogen (secondary N) is 1. The molecule has 0 aliphatic carbocycles. The van der Waals surface area contributed by atoms with Crippen molar-refractivity contribution in [3.63, 3.8) is 0 Å². The van der Waals surface area contributed by atoms with E-state index in [0.29, 0.717) is 0 Å². The van der Waals surface area contributed by atoms with Crippen molar-refractivity contribution in [1.29, 1.82) is 0 Å². The van der Waals surface area contributed by atoms with Crippen molar-refractivity contribution in [2.24, 2.45) is 0 Å². The van der Waals surface area contributed by atoms with Crippen molar-refractivity contribution in [2.75, 3.05) is 5.32 Å². The van der Waals surface area contributed by atoms with Crippen molar-refractivity contribution in [3.05, 3.63) is 51.6 Å². The number of amides is 1. The third-order valence-electron chi connectivity index (χ3n) is 2.07. The highest BCUT2D eigenvalue weighted by atomic mass is 79.9. The molecule has 0 aliphatic rings. The first kappa shape index (κ1) is 12.9. The van der Waals surface area contributed by atoms with Crippen molar-refractivity contribution in [2.45, 2.75) is 0 Å². The van der Waals surface area contributed by atoms with Gasteiger partial charge in [0.05, 0.1) is 4.47 Å². The maximum atomic E-state index is 13.3. The van der Waals surface area contributed by atoms with Gasteiger partial charge < -0.3 is 5.32 Å². The van der Waals surface area contributed by atoms with Gasteiger partial charge in [-0.1, -0.05) is 11.6 Å². The van der Waals surface area contributed by atoms with Crippen molar-refractivity contribution < 1.29 is 9.18 Å². The molecule has 4 nitrogen and oxygen atoms in total. The zero-order chi connectivity index (χ0) is 13.1. The second-order valence-electron chi connectivity index (χ2n) is 3.28. The third-order valence-corrected chi connectivity index (χ3v) is 2.99. The fourth-order valence-corrected chi connectivity index (χ4v) is 1.62. The van der Waals surface area contributed by atoms with E-state index in [2.05, 4.69) is 31.2 Å². The Bertz CT molecular complexity index is 609. The predicted octanol–water partition coefficient (Wildman–Crippen LogP) is 3.28. The fourth-order valence-electron chi connectivity index (χ4n) is 1.22. The maximum Gasteiger partial charge on any atom is 0.257 e. The molecule has 0 saturated carbocycles. The van der Waals surface area contributed by atoms with E-state index >= 15 is 0 Å². The Labute approximate surface area is 115 Å². The number of rotatable bonds is 2. The van der Waals surface area contributed by atoms with Gasteiger partial charge in [0, 0.05) is 18.0 Å². The number of carbonyl (C=O) groups excluding carboxylic acids is 1. The third kappa shape index (κ3) is 2.83. The van der Waals surface area contributed by atoms with Crippen LogP contribution in [0.5, 0.6) is 0 Å². The van der Waals surface area contributed by atoms with Crippen LogP contribution < -0.4 is 5.32 Å². The molecule has 1 N–H and O–H groups in total. The van der Waals surface area contributed by atoms with E-state index in [9.17, 15) is 9.18 Å². The molecule has 0 fully saturated rings. The van der Waals surface area contributed by atoms with Crippen LogP contribution in [0.15, 0.2) is 35.1 Å². The largest absolute Gasteiger partial charge is 0.304 e. The van der Waals surface area contributed by atoms with Gasteiger partial charge in [-0.25, -0.2) is 14.4 Å². The van der Waals surface area contributed by atoms with E-state index in [0.717, 1.165) is 6.07 Å². The van der Waals surface area contributed by atoms with Gasteiger partial charge in [-0.05, 0) is 34.1 Å². The van der Waals surface area contributed by atoms with Crippen LogP contribution in [-0.2, 0) is 0 Å². The SMILES string of the molecule is O=C(Nc1nccnc1Cl)c1ccc(Br)c(F)c1. The molecule has 18 heavy (non-hydrogen) atoms. The summed E-state index contributed by atoms with van der Waals surface area (Å²) in [6.45, 7) is 0. The molecule has 0 spiro atoms. The summed E-state index contributed by atoms with van der Waals surface area (Å²) >= 11 is 8.75. The lowest BCUT2D eigenvalue weighted by Crippen LogP contribution is -2.13. The molecule has 1 amide bonds. The summed E-state index contributed by atoms with van der Waals surface area (Å²) < 4.78 is 13.6. The maximum absolute atomic E-state index is 13.3. The molecule has 0 atom stereocenters. The summed E-state index contributed by atoms with van der Waals surface area (Å²) in [5.41, 5.74) is 0.164. The highest BCUT2D eigenvalue weighted by Crippen LogP contribution is 2.19. The van der Waals surface area contributed by atoms with Crippen LogP contribution in [0.2, 0.25) is 5.15 Å². The van der Waals surface area contributed by atoms with Crippen LogP contribution >= 0.6 is 27.5 Å². The Morgan fingerprint density at radius 1 is 1.33 bits per heavy atom. The van der Waals surface area contributed by atoms with Crippen LogP contribution in [0.4, 0.5) is 10.2 Å². The minimum absolute atomic E-state index is 0.0726. The molecule has 1 heterocycles. The smallest absolute Gasteiger partial charge is 0.257 e. The van der Waals surface area contributed by atoms with Crippen LogP contribution in [0.25, 0.3) is 0 Å². The lowest BCUT2D eigenvalue weighted by atomic mass is 10.2. The van der Waals surface area contributed by atoms with E-state index in [1.807, 2.05) is 0 Å². The standard InChI is InChI=1S/C11H6BrClFN3O/c12-7-2-1-6(5-8(7)14)11(18)17-10-9(13)15-3-4-16-10/h1-5H,(H,16,17,18). The number of benzene rings is 1. The summed E-state index contributed by atoms with van der Waals surface area (Å²) in [4.78, 5) is 19.4. The molecule has 92 valence electrons. The monoisotopic (exact) mass is 329 g/mol. The summed E-state index contributed by atoms with van der Waals surface area (Å²) in [7, 11) is 0. The molecule has 2 aromatic rings. The zero-order valence-electron chi connectivity index (χ0n) is 8.82. The Balaban J connectivity index is 2.22. The Morgan fingerprint density at radius 3 is 2.72 bits per heavy atom. The highest BCUT2D eigenvalue weighted by Gasteiger charge is 2.11. The molecule has 1 aromatic heterocycles. The van der Waals surface area contributed by atoms with E-state index in [1.165, 1.54) is 24.5 Å². The second kappa shape index (κ2) is 5.41. The zero-order valence-corrected chi connectivity index (χ0v) is 11.2. The molecule has 0 radical (unpaired) electrons. The number of aromatic nitrogens is 2. The Kier molecular flexibility index (Phi) is 3.88. The predicted molar refractivity (Wildman–Crippen MR) is 69.1 cm³/mol. The molecule has 2 rings (SSSR count). The molecule has 0 saturated heterocycles. The lowest BCUT2D eigenvalue weighted by molar-refractivity contribution is 0.102. The van der Waals surface area contributed by atoms with Gasteiger partial charge >= 0.3 is 0 Å². The molecule has 0 aliphatic heterocycles. The average Bonchev–Trinajstić information content (AvgIpc) is 2.35. The van der Waals surface area contributed by atoms with Crippen molar-refractivity contribution in [3.8, 4) is 0 Å². The van der Waals surface area contributed by atoms with Crippen molar-refractivity contribution in [1.82, 2.24) is 9.97 Å². The van der Waals surface area contributed by atoms with E-state index in [4.69, 9.17) is 11.6 Å². The number of halogens is 3. The molecule has 0 unspecified atom stereocenters. The first-order valence-electron chi connectivity index (χ1n) is 4.81. The van der Waals surface area contributed by atoms with Crippen LogP contribution in [0.3, 0.4) is 0 Å². The van der Waals surface area contributed by atoms with Gasteiger partial charge in [0.15, 0.2) is 11.0 Å². The average molecular weight is 331 g/mol. The molecule has 1 aromatic carbocycles. The van der Waals surface area contributed by atoms with E-state index in [1.54, 1.807) is 0 Å². The first-order chi connectivity index (χ1) is 8.58. The van der Waals surface area contributed by atoms with Crippen LogP contribution in [0, 0.1) is 5.82 Å². The number of anilines is 1. The summed E-state index contributed by atoms with van der Waals surface area (Å²) in [6.07, 6.45) is 2.79. The fraction of sp³-hybridized carbons (Fsp3) is 0. The molecular weight excluding hydrogens is 324 g/mol. The number of hydrogen-bond donors (Lipinski definition) is 1. The number of carbonyl (C=O) groups is 1. The van der Waals surface area contributed by atoms with Crippen molar-refractivity contribution >= 4 is 39.3 Å². The highest BCUT2D eigenvalue weighted by molar-refractivity contribution is 9.10. The second-order valence-corrected chi connectivity index (χ2v) is 4.49. The Morgan fingerprint density at radius 2 is 2.06 bits per heavy atom. The summed E-state index contributed by atoms with van der Waals surface area (Å²) in [6, 6.07) is 4.04.